The number of piperazine rings is 1. The molecule has 0 unspecified atom stereocenters. The number of hydrogen-bond acceptors (Lipinski definition) is 7. The van der Waals surface area contributed by atoms with Crippen molar-refractivity contribution in [2.45, 2.75) is 39.0 Å². The number of hydrogen-bond donors (Lipinski definition) is 1. The van der Waals surface area contributed by atoms with Gasteiger partial charge in [-0.2, -0.15) is 5.10 Å². The van der Waals surface area contributed by atoms with Crippen molar-refractivity contribution >= 4 is 22.7 Å². The zero-order chi connectivity index (χ0) is 18.4. The maximum atomic E-state index is 4.99. The molecule has 1 saturated heterocycles. The van der Waals surface area contributed by atoms with Gasteiger partial charge in [-0.25, -0.2) is 19.9 Å². The third kappa shape index (κ3) is 2.89. The number of nitrogens with one attached hydrogen (secondary N) is 1. The Hall–Kier alpha value is -2.77. The highest BCUT2D eigenvalue weighted by Gasteiger charge is 2.30. The fourth-order valence-electron chi connectivity index (χ4n) is 3.94. The Bertz CT molecular complexity index is 969. The molecule has 1 N–H and O–H groups in total. The van der Waals surface area contributed by atoms with Crippen LogP contribution in [0.15, 0.2) is 12.5 Å². The van der Waals surface area contributed by atoms with E-state index < -0.39 is 0 Å². The molecule has 1 aliphatic heterocycles. The van der Waals surface area contributed by atoms with E-state index in [4.69, 9.17) is 9.97 Å². The molecule has 2 fully saturated rings. The lowest BCUT2D eigenvalue weighted by molar-refractivity contribution is 0.636. The van der Waals surface area contributed by atoms with Gasteiger partial charge >= 0.3 is 0 Å². The topological polar surface area (TPSA) is 86.7 Å². The Kier molecular flexibility index (Phi) is 3.91. The van der Waals surface area contributed by atoms with Gasteiger partial charge in [0.1, 0.15) is 23.8 Å². The van der Waals surface area contributed by atoms with Crippen molar-refractivity contribution < 1.29 is 0 Å². The summed E-state index contributed by atoms with van der Waals surface area (Å²) in [4.78, 5) is 23.2. The van der Waals surface area contributed by atoms with E-state index in [1.54, 1.807) is 6.33 Å². The molecule has 0 atom stereocenters. The average Bonchev–Trinajstić information content (AvgIpc) is 3.44. The maximum absolute atomic E-state index is 4.99. The van der Waals surface area contributed by atoms with Crippen molar-refractivity contribution in [3.63, 3.8) is 0 Å². The highest BCUT2D eigenvalue weighted by Crippen LogP contribution is 2.39. The van der Waals surface area contributed by atoms with Gasteiger partial charge < -0.3 is 9.80 Å². The molecule has 140 valence electrons. The van der Waals surface area contributed by atoms with Crippen LogP contribution in [0.3, 0.4) is 0 Å². The lowest BCUT2D eigenvalue weighted by Crippen LogP contribution is -2.47. The molecule has 0 spiro atoms. The Morgan fingerprint density at radius 2 is 1.78 bits per heavy atom. The molecule has 0 radical (unpaired) electrons. The van der Waals surface area contributed by atoms with Crippen LogP contribution in [0.25, 0.3) is 11.0 Å². The molecule has 1 aliphatic carbocycles. The van der Waals surface area contributed by atoms with E-state index in [-0.39, 0.29) is 0 Å². The molecule has 0 aromatic carbocycles. The van der Waals surface area contributed by atoms with E-state index in [1.807, 2.05) is 6.20 Å². The minimum absolute atomic E-state index is 0.574. The van der Waals surface area contributed by atoms with Crippen molar-refractivity contribution in [1.82, 2.24) is 30.1 Å². The molecule has 27 heavy (non-hydrogen) atoms. The average molecular weight is 364 g/mol. The van der Waals surface area contributed by atoms with Crippen LogP contribution in [-0.4, -0.2) is 56.3 Å². The summed E-state index contributed by atoms with van der Waals surface area (Å²) in [7, 11) is 0. The normalized spacial score (nSPS) is 17.7. The first-order valence-electron chi connectivity index (χ1n) is 9.76. The van der Waals surface area contributed by atoms with Crippen molar-refractivity contribution in [2.75, 3.05) is 36.0 Å². The Morgan fingerprint density at radius 1 is 1.04 bits per heavy atom. The van der Waals surface area contributed by atoms with Crippen LogP contribution in [0.5, 0.6) is 0 Å². The van der Waals surface area contributed by atoms with Gasteiger partial charge in [-0.05, 0) is 26.2 Å². The van der Waals surface area contributed by atoms with Crippen LogP contribution in [-0.2, 0) is 6.42 Å². The lowest BCUT2D eigenvalue weighted by atomic mass is 10.1. The second-order valence-electron chi connectivity index (χ2n) is 7.40. The van der Waals surface area contributed by atoms with Gasteiger partial charge in [0, 0.05) is 43.4 Å². The van der Waals surface area contributed by atoms with Crippen LogP contribution < -0.4 is 9.80 Å². The predicted octanol–water partition coefficient (Wildman–Crippen LogP) is 2.22. The molecule has 1 saturated carbocycles. The molecular formula is C19H24N8. The van der Waals surface area contributed by atoms with E-state index in [0.29, 0.717) is 5.92 Å². The van der Waals surface area contributed by atoms with Gasteiger partial charge in [0.15, 0.2) is 5.65 Å². The Morgan fingerprint density at radius 3 is 2.48 bits per heavy atom. The zero-order valence-electron chi connectivity index (χ0n) is 15.8. The lowest BCUT2D eigenvalue weighted by Gasteiger charge is -2.37. The monoisotopic (exact) mass is 364 g/mol. The summed E-state index contributed by atoms with van der Waals surface area (Å²) >= 11 is 0. The largest absolute Gasteiger partial charge is 0.353 e. The van der Waals surface area contributed by atoms with E-state index in [1.165, 1.54) is 18.4 Å². The zero-order valence-corrected chi connectivity index (χ0v) is 15.8. The first kappa shape index (κ1) is 16.4. The smallest absolute Gasteiger partial charge is 0.160 e. The molecule has 3 aromatic rings. The van der Waals surface area contributed by atoms with Gasteiger partial charge in [-0.1, -0.05) is 6.92 Å². The summed E-state index contributed by atoms with van der Waals surface area (Å²) in [6.07, 6.45) is 6.84. The SMILES string of the molecule is CCc1c(C)nc(C2CC2)nc1N1CCN(c2ncnc3[nH]ncc23)CC1. The molecule has 3 aromatic heterocycles. The van der Waals surface area contributed by atoms with Crippen molar-refractivity contribution in [3.8, 4) is 0 Å². The third-order valence-electron chi connectivity index (χ3n) is 5.61. The second-order valence-corrected chi connectivity index (χ2v) is 7.40. The number of aromatic amines is 1. The summed E-state index contributed by atoms with van der Waals surface area (Å²) in [5.74, 6) is 3.72. The van der Waals surface area contributed by atoms with Crippen molar-refractivity contribution in [3.05, 3.63) is 29.6 Å². The van der Waals surface area contributed by atoms with E-state index in [0.717, 1.165) is 66.8 Å². The summed E-state index contributed by atoms with van der Waals surface area (Å²) in [6.45, 7) is 7.99. The predicted molar refractivity (Wildman–Crippen MR) is 104 cm³/mol. The van der Waals surface area contributed by atoms with E-state index in [9.17, 15) is 0 Å². The number of anilines is 2. The molecule has 2 aliphatic rings. The van der Waals surface area contributed by atoms with Crippen molar-refractivity contribution in [1.29, 1.82) is 0 Å². The van der Waals surface area contributed by atoms with Crippen LogP contribution in [0.4, 0.5) is 11.6 Å². The maximum Gasteiger partial charge on any atom is 0.160 e. The number of H-pyrrole nitrogens is 1. The van der Waals surface area contributed by atoms with Crippen LogP contribution in [0.1, 0.15) is 42.8 Å². The molecular weight excluding hydrogens is 340 g/mol. The van der Waals surface area contributed by atoms with Gasteiger partial charge in [0.05, 0.1) is 11.6 Å². The van der Waals surface area contributed by atoms with Crippen molar-refractivity contribution in [2.24, 2.45) is 0 Å². The number of rotatable bonds is 4. The fourth-order valence-corrected chi connectivity index (χ4v) is 3.94. The van der Waals surface area contributed by atoms with Gasteiger partial charge in [-0.3, -0.25) is 5.10 Å². The summed E-state index contributed by atoms with van der Waals surface area (Å²) in [5.41, 5.74) is 3.21. The second kappa shape index (κ2) is 6.44. The van der Waals surface area contributed by atoms with Crippen LogP contribution in [0, 0.1) is 6.92 Å². The molecule has 8 heteroatoms. The van der Waals surface area contributed by atoms with E-state index >= 15 is 0 Å². The van der Waals surface area contributed by atoms with Crippen LogP contribution >= 0.6 is 0 Å². The van der Waals surface area contributed by atoms with Gasteiger partial charge in [0.25, 0.3) is 0 Å². The number of aromatic nitrogens is 6. The van der Waals surface area contributed by atoms with Crippen LogP contribution in [0.2, 0.25) is 0 Å². The Balaban J connectivity index is 1.40. The summed E-state index contributed by atoms with van der Waals surface area (Å²) in [5, 5.41) is 8.01. The highest BCUT2D eigenvalue weighted by atomic mass is 15.3. The number of aryl methyl sites for hydroxylation is 1. The summed E-state index contributed by atoms with van der Waals surface area (Å²) in [6, 6.07) is 0. The summed E-state index contributed by atoms with van der Waals surface area (Å²) < 4.78 is 0. The van der Waals surface area contributed by atoms with Gasteiger partial charge in [0.2, 0.25) is 0 Å². The molecule has 8 nitrogen and oxygen atoms in total. The minimum Gasteiger partial charge on any atom is -0.353 e. The minimum atomic E-state index is 0.574. The molecule has 5 rings (SSSR count). The standard InChI is InChI=1S/C19H24N8/c1-3-14-12(2)23-16(13-4-5-13)24-19(14)27-8-6-26(7-9-27)18-15-10-22-25-17(15)20-11-21-18/h10-11,13H,3-9H2,1-2H3,(H,20,21,22,25). The molecule has 0 amide bonds. The quantitative estimate of drug-likeness (QED) is 0.759. The number of nitrogens with zero attached hydrogens (tertiary/aromatic N) is 7. The van der Waals surface area contributed by atoms with Gasteiger partial charge in [-0.15, -0.1) is 0 Å². The molecule has 0 bridgehead atoms. The first-order chi connectivity index (χ1) is 13.2. The highest BCUT2D eigenvalue weighted by molar-refractivity contribution is 5.86. The Labute approximate surface area is 158 Å². The number of fused-ring (bicyclic) bond motifs is 1. The fraction of sp³-hybridized carbons (Fsp3) is 0.526. The third-order valence-corrected chi connectivity index (χ3v) is 5.61. The first-order valence-corrected chi connectivity index (χ1v) is 9.76. The molecule has 4 heterocycles. The van der Waals surface area contributed by atoms with E-state index in [2.05, 4.69) is 43.8 Å².